The van der Waals surface area contributed by atoms with Crippen LogP contribution in [0.4, 0.5) is 0 Å². The Hall–Kier alpha value is -2.90. The first kappa shape index (κ1) is 28.3. The van der Waals surface area contributed by atoms with Gasteiger partial charge in [-0.3, -0.25) is 9.59 Å². The molecule has 0 aliphatic rings. The summed E-state index contributed by atoms with van der Waals surface area (Å²) in [5, 5.41) is 4.08. The first-order valence-electron chi connectivity index (χ1n) is 11.5. The smallest absolute Gasteiger partial charge is 0.305 e. The van der Waals surface area contributed by atoms with Crippen LogP contribution in [0.2, 0.25) is 10.0 Å². The summed E-state index contributed by atoms with van der Waals surface area (Å²) in [5.74, 6) is 0.845. The van der Waals surface area contributed by atoms with E-state index in [0.29, 0.717) is 67.9 Å². The second-order valence-electron chi connectivity index (χ2n) is 7.61. The Morgan fingerprint density at radius 2 is 1.51 bits per heavy atom. The zero-order valence-corrected chi connectivity index (χ0v) is 21.4. The van der Waals surface area contributed by atoms with Crippen LogP contribution in [0.3, 0.4) is 0 Å². The Morgan fingerprint density at radius 1 is 0.914 bits per heavy atom. The molecule has 0 bridgehead atoms. The van der Waals surface area contributed by atoms with Gasteiger partial charge in [-0.15, -0.1) is 0 Å². The van der Waals surface area contributed by atoms with Crippen LogP contribution in [0.15, 0.2) is 60.8 Å². The van der Waals surface area contributed by atoms with Crippen LogP contribution in [0.1, 0.15) is 26.2 Å². The Bertz CT molecular complexity index is 936. The van der Waals surface area contributed by atoms with Crippen LogP contribution in [-0.2, 0) is 14.3 Å². The van der Waals surface area contributed by atoms with Crippen molar-refractivity contribution in [1.82, 2.24) is 10.2 Å². The van der Waals surface area contributed by atoms with Gasteiger partial charge in [-0.2, -0.15) is 0 Å². The minimum atomic E-state index is -0.229. The minimum Gasteiger partial charge on any atom is -0.492 e. The van der Waals surface area contributed by atoms with Gasteiger partial charge in [-0.25, -0.2) is 0 Å². The van der Waals surface area contributed by atoms with E-state index in [4.69, 9.17) is 37.4 Å². The van der Waals surface area contributed by atoms with Crippen molar-refractivity contribution in [3.05, 3.63) is 70.9 Å². The predicted molar refractivity (Wildman–Crippen MR) is 138 cm³/mol. The van der Waals surface area contributed by atoms with Crippen molar-refractivity contribution in [2.45, 2.75) is 26.2 Å². The normalized spacial score (nSPS) is 10.4. The van der Waals surface area contributed by atoms with E-state index in [9.17, 15) is 9.59 Å². The third kappa shape index (κ3) is 11.9. The van der Waals surface area contributed by atoms with E-state index in [2.05, 4.69) is 16.8 Å². The molecule has 0 fully saturated rings. The molecule has 0 radical (unpaired) electrons. The molecule has 0 aromatic heterocycles. The maximum absolute atomic E-state index is 12.1. The number of nitrogens with zero attached hydrogens (tertiary/aromatic N) is 1. The summed E-state index contributed by atoms with van der Waals surface area (Å²) in [6.07, 6.45) is 1.50. The molecule has 0 aliphatic heterocycles. The van der Waals surface area contributed by atoms with Crippen LogP contribution in [0, 0.1) is 0 Å². The molecule has 0 unspecified atom stereocenters. The topological polar surface area (TPSA) is 77.1 Å². The number of rotatable bonds is 16. The molecule has 0 saturated carbocycles. The van der Waals surface area contributed by atoms with Crippen LogP contribution in [0.25, 0.3) is 0 Å². The van der Waals surface area contributed by atoms with Gasteiger partial charge < -0.3 is 24.4 Å². The highest BCUT2D eigenvalue weighted by molar-refractivity contribution is 6.30. The first-order chi connectivity index (χ1) is 16.9. The van der Waals surface area contributed by atoms with Gasteiger partial charge >= 0.3 is 5.97 Å². The number of ether oxygens (including phenoxy) is 3. The highest BCUT2D eigenvalue weighted by atomic mass is 35.5. The Morgan fingerprint density at radius 3 is 2.11 bits per heavy atom. The predicted octanol–water partition coefficient (Wildman–Crippen LogP) is 5.12. The molecule has 0 heterocycles. The molecule has 0 spiro atoms. The van der Waals surface area contributed by atoms with E-state index >= 15 is 0 Å². The summed E-state index contributed by atoms with van der Waals surface area (Å²) in [6, 6.07) is 14.0. The molecule has 1 N–H and O–H groups in total. The summed E-state index contributed by atoms with van der Waals surface area (Å²) in [7, 11) is 0. The van der Waals surface area contributed by atoms with Crippen LogP contribution in [0.5, 0.6) is 11.5 Å². The molecular formula is C26H32Cl2N2O5. The quantitative estimate of drug-likeness (QED) is 0.308. The van der Waals surface area contributed by atoms with Gasteiger partial charge in [0.1, 0.15) is 18.1 Å². The highest BCUT2D eigenvalue weighted by Gasteiger charge is 2.11. The average Bonchev–Trinajstić information content (AvgIpc) is 2.84. The standard InChI is InChI=1S/C26H32Cl2N2O5/c1-3-33-26(32)5-4-16-30(17-18-34-23-10-6-21(27)7-11-23)20(2)14-15-29-25(31)19-35-24-12-8-22(28)9-13-24/h6-13H,2-5,14-19H2,1H3,(H,29,31). The lowest BCUT2D eigenvalue weighted by Crippen LogP contribution is -2.33. The molecule has 0 saturated heterocycles. The van der Waals surface area contributed by atoms with Crippen molar-refractivity contribution in [3.63, 3.8) is 0 Å². The molecular weight excluding hydrogens is 491 g/mol. The van der Waals surface area contributed by atoms with Crippen LogP contribution < -0.4 is 14.8 Å². The van der Waals surface area contributed by atoms with Crippen LogP contribution >= 0.6 is 23.2 Å². The lowest BCUT2D eigenvalue weighted by molar-refractivity contribution is -0.143. The summed E-state index contributed by atoms with van der Waals surface area (Å²) in [5.41, 5.74) is 0.840. The Labute approximate surface area is 216 Å². The largest absolute Gasteiger partial charge is 0.492 e. The molecule has 9 heteroatoms. The lowest BCUT2D eigenvalue weighted by Gasteiger charge is -2.27. The van der Waals surface area contributed by atoms with Gasteiger partial charge in [0, 0.05) is 41.7 Å². The molecule has 2 aromatic carbocycles. The lowest BCUT2D eigenvalue weighted by atomic mass is 10.2. The molecule has 2 aromatic rings. The summed E-state index contributed by atoms with van der Waals surface area (Å²) >= 11 is 11.8. The van der Waals surface area contributed by atoms with Gasteiger partial charge in [0.25, 0.3) is 5.91 Å². The molecule has 0 atom stereocenters. The number of benzene rings is 2. The Balaban J connectivity index is 1.77. The van der Waals surface area contributed by atoms with Crippen molar-refractivity contribution < 1.29 is 23.8 Å². The monoisotopic (exact) mass is 522 g/mol. The van der Waals surface area contributed by atoms with Crippen molar-refractivity contribution in [1.29, 1.82) is 0 Å². The van der Waals surface area contributed by atoms with E-state index in [1.54, 1.807) is 43.3 Å². The number of hydrogen-bond donors (Lipinski definition) is 1. The number of nitrogens with one attached hydrogen (secondary N) is 1. The first-order valence-corrected chi connectivity index (χ1v) is 12.2. The van der Waals surface area contributed by atoms with E-state index in [-0.39, 0.29) is 18.5 Å². The molecule has 7 nitrogen and oxygen atoms in total. The van der Waals surface area contributed by atoms with Gasteiger partial charge in [0.2, 0.25) is 0 Å². The van der Waals surface area contributed by atoms with E-state index in [1.807, 2.05) is 12.1 Å². The van der Waals surface area contributed by atoms with Crippen LogP contribution in [-0.4, -0.2) is 56.2 Å². The van der Waals surface area contributed by atoms with E-state index in [1.165, 1.54) is 0 Å². The molecule has 1 amide bonds. The molecule has 35 heavy (non-hydrogen) atoms. The van der Waals surface area contributed by atoms with Crippen molar-refractivity contribution in [2.24, 2.45) is 0 Å². The number of halogens is 2. The van der Waals surface area contributed by atoms with Gasteiger partial charge in [-0.1, -0.05) is 29.8 Å². The second kappa shape index (κ2) is 15.9. The maximum Gasteiger partial charge on any atom is 0.305 e. The zero-order chi connectivity index (χ0) is 25.5. The number of carbonyl (C=O) groups is 2. The third-order valence-corrected chi connectivity index (χ3v) is 5.43. The fraction of sp³-hybridized carbons (Fsp3) is 0.385. The number of hydrogen-bond acceptors (Lipinski definition) is 6. The van der Waals surface area contributed by atoms with E-state index in [0.717, 1.165) is 11.4 Å². The minimum absolute atomic E-state index is 0.0910. The molecule has 190 valence electrons. The number of carbonyl (C=O) groups excluding carboxylic acids is 2. The third-order valence-electron chi connectivity index (χ3n) is 4.92. The van der Waals surface area contributed by atoms with Gasteiger partial charge in [0.05, 0.1) is 13.2 Å². The zero-order valence-electron chi connectivity index (χ0n) is 19.9. The fourth-order valence-corrected chi connectivity index (χ4v) is 3.37. The van der Waals surface area contributed by atoms with E-state index < -0.39 is 0 Å². The Kier molecular flexibility index (Phi) is 12.9. The molecule has 0 aliphatic carbocycles. The van der Waals surface area contributed by atoms with Gasteiger partial charge in [-0.05, 0) is 61.9 Å². The maximum atomic E-state index is 12.1. The SMILES string of the molecule is C=C(CCNC(=O)COc1ccc(Cl)cc1)N(CCCC(=O)OCC)CCOc1ccc(Cl)cc1. The fourth-order valence-electron chi connectivity index (χ4n) is 3.12. The van der Waals surface area contributed by atoms with Gasteiger partial charge in [0.15, 0.2) is 6.61 Å². The van der Waals surface area contributed by atoms with Crippen molar-refractivity contribution >= 4 is 35.1 Å². The highest BCUT2D eigenvalue weighted by Crippen LogP contribution is 2.17. The van der Waals surface area contributed by atoms with Crippen molar-refractivity contribution in [2.75, 3.05) is 39.5 Å². The molecule has 2 rings (SSSR count). The average molecular weight is 523 g/mol. The number of amides is 1. The summed E-state index contributed by atoms with van der Waals surface area (Å²) in [4.78, 5) is 25.9. The summed E-state index contributed by atoms with van der Waals surface area (Å²) < 4.78 is 16.3. The number of esters is 1. The second-order valence-corrected chi connectivity index (χ2v) is 8.48. The van der Waals surface area contributed by atoms with Crippen molar-refractivity contribution in [3.8, 4) is 11.5 Å². The summed E-state index contributed by atoms with van der Waals surface area (Å²) in [6.45, 7) is 8.27.